The summed E-state index contributed by atoms with van der Waals surface area (Å²) < 4.78 is 1.82. The van der Waals surface area contributed by atoms with Gasteiger partial charge in [0.25, 0.3) is 0 Å². The first kappa shape index (κ1) is 19.2. The average molecular weight is 387 g/mol. The van der Waals surface area contributed by atoms with Gasteiger partial charge in [-0.3, -0.25) is 4.79 Å². The van der Waals surface area contributed by atoms with Gasteiger partial charge < -0.3 is 20.3 Å². The molecule has 1 heterocycles. The molecule has 0 fully saturated rings. The molecule has 0 saturated carbocycles. The minimum absolute atomic E-state index is 0.124. The van der Waals surface area contributed by atoms with Crippen LogP contribution in [0, 0.1) is 0 Å². The van der Waals surface area contributed by atoms with Gasteiger partial charge in [-0.25, -0.2) is 4.98 Å². The second kappa shape index (κ2) is 8.41. The summed E-state index contributed by atoms with van der Waals surface area (Å²) in [6.45, 7) is 4.10. The molecule has 142 valence electrons. The molecule has 2 unspecified atom stereocenters. The summed E-state index contributed by atoms with van der Waals surface area (Å²) in [7, 11) is 0. The van der Waals surface area contributed by atoms with Crippen LogP contribution < -0.4 is 10.6 Å². The predicted molar refractivity (Wildman–Crippen MR) is 108 cm³/mol. The Bertz CT molecular complexity index is 921. The van der Waals surface area contributed by atoms with Crippen molar-refractivity contribution in [3.63, 3.8) is 0 Å². The van der Waals surface area contributed by atoms with Crippen molar-refractivity contribution in [1.29, 1.82) is 0 Å². The van der Waals surface area contributed by atoms with Gasteiger partial charge in [-0.1, -0.05) is 35.9 Å². The number of aromatic nitrogens is 2. The number of rotatable bonds is 7. The number of anilines is 1. The number of aliphatic hydroxyl groups excluding tert-OH is 1. The normalized spacial score (nSPS) is 13.3. The molecule has 1 aromatic heterocycles. The molecule has 1 amide bonds. The van der Waals surface area contributed by atoms with Crippen molar-refractivity contribution < 1.29 is 9.90 Å². The van der Waals surface area contributed by atoms with Gasteiger partial charge in [0.1, 0.15) is 6.54 Å². The number of hydrogen-bond donors (Lipinski definition) is 3. The molecule has 7 heteroatoms. The Morgan fingerprint density at radius 1 is 1.19 bits per heavy atom. The summed E-state index contributed by atoms with van der Waals surface area (Å²) >= 11 is 5.92. The van der Waals surface area contributed by atoms with E-state index in [0.29, 0.717) is 17.5 Å². The van der Waals surface area contributed by atoms with Gasteiger partial charge in [-0.2, -0.15) is 0 Å². The van der Waals surface area contributed by atoms with E-state index >= 15 is 0 Å². The largest absolute Gasteiger partial charge is 0.392 e. The molecule has 0 spiro atoms. The predicted octanol–water partition coefficient (Wildman–Crippen LogP) is 3.36. The lowest BCUT2D eigenvalue weighted by atomic mass is 10.1. The number of nitrogens with zero attached hydrogens (tertiary/aromatic N) is 2. The first-order valence-electron chi connectivity index (χ1n) is 8.86. The van der Waals surface area contributed by atoms with Crippen LogP contribution >= 0.6 is 11.6 Å². The number of imidazole rings is 1. The molecule has 0 aliphatic rings. The third-order valence-electron chi connectivity index (χ3n) is 4.26. The summed E-state index contributed by atoms with van der Waals surface area (Å²) in [5.41, 5.74) is 2.64. The maximum absolute atomic E-state index is 12.6. The van der Waals surface area contributed by atoms with E-state index in [4.69, 9.17) is 11.6 Å². The van der Waals surface area contributed by atoms with Crippen molar-refractivity contribution in [3.05, 3.63) is 59.1 Å². The molecule has 0 radical (unpaired) electrons. The van der Waals surface area contributed by atoms with Crippen LogP contribution in [0.2, 0.25) is 5.02 Å². The number of carbonyl (C=O) groups excluding carboxylic acids is 1. The minimum Gasteiger partial charge on any atom is -0.392 e. The Morgan fingerprint density at radius 2 is 1.89 bits per heavy atom. The smallest absolute Gasteiger partial charge is 0.240 e. The monoisotopic (exact) mass is 386 g/mol. The highest BCUT2D eigenvalue weighted by Gasteiger charge is 2.16. The first-order valence-corrected chi connectivity index (χ1v) is 9.24. The summed E-state index contributed by atoms with van der Waals surface area (Å²) in [4.78, 5) is 17.2. The zero-order valence-electron chi connectivity index (χ0n) is 15.3. The lowest BCUT2D eigenvalue weighted by Gasteiger charge is -2.16. The quantitative estimate of drug-likeness (QED) is 0.581. The zero-order valence-corrected chi connectivity index (χ0v) is 16.1. The van der Waals surface area contributed by atoms with Crippen LogP contribution in [0.15, 0.2) is 48.5 Å². The molecule has 0 aliphatic heterocycles. The van der Waals surface area contributed by atoms with Gasteiger partial charge in [-0.15, -0.1) is 0 Å². The van der Waals surface area contributed by atoms with Gasteiger partial charge in [-0.05, 0) is 43.7 Å². The van der Waals surface area contributed by atoms with E-state index in [1.165, 1.54) is 0 Å². The average Bonchev–Trinajstić information content (AvgIpc) is 2.98. The van der Waals surface area contributed by atoms with Crippen LogP contribution in [-0.4, -0.2) is 33.2 Å². The Morgan fingerprint density at radius 3 is 2.59 bits per heavy atom. The van der Waals surface area contributed by atoms with Crippen LogP contribution in [0.1, 0.15) is 25.5 Å². The number of nitrogens with one attached hydrogen (secondary N) is 2. The van der Waals surface area contributed by atoms with E-state index < -0.39 is 6.10 Å². The van der Waals surface area contributed by atoms with Crippen LogP contribution in [0.3, 0.4) is 0 Å². The number of carbonyl (C=O) groups is 1. The van der Waals surface area contributed by atoms with Gasteiger partial charge in [0, 0.05) is 11.6 Å². The Hall–Kier alpha value is -2.57. The fourth-order valence-electron chi connectivity index (χ4n) is 2.88. The molecule has 0 aliphatic carbocycles. The molecule has 6 nitrogen and oxygen atoms in total. The fourth-order valence-corrected chi connectivity index (χ4v) is 3.00. The van der Waals surface area contributed by atoms with Crippen LogP contribution in [0.5, 0.6) is 0 Å². The van der Waals surface area contributed by atoms with E-state index in [1.807, 2.05) is 47.9 Å². The van der Waals surface area contributed by atoms with Crippen LogP contribution in [-0.2, 0) is 11.3 Å². The van der Waals surface area contributed by atoms with Gasteiger partial charge in [0.05, 0.1) is 23.2 Å². The molecule has 0 bridgehead atoms. The number of halogens is 1. The molecule has 2 atom stereocenters. The lowest BCUT2D eigenvalue weighted by Crippen LogP contribution is -2.30. The summed E-state index contributed by atoms with van der Waals surface area (Å²) in [5.74, 6) is 0.437. The Balaban J connectivity index is 1.77. The number of amides is 1. The number of fused-ring (bicyclic) bond motifs is 1. The second-order valence-electron chi connectivity index (χ2n) is 6.58. The van der Waals surface area contributed by atoms with Crippen molar-refractivity contribution in [3.8, 4) is 0 Å². The Labute approximate surface area is 163 Å². The van der Waals surface area contributed by atoms with Crippen molar-refractivity contribution in [1.82, 2.24) is 14.9 Å². The summed E-state index contributed by atoms with van der Waals surface area (Å²) in [5, 5.41) is 16.3. The number of benzene rings is 2. The van der Waals surface area contributed by atoms with Crippen molar-refractivity contribution in [2.75, 3.05) is 11.9 Å². The van der Waals surface area contributed by atoms with Gasteiger partial charge >= 0.3 is 0 Å². The topological polar surface area (TPSA) is 79.2 Å². The second-order valence-corrected chi connectivity index (χ2v) is 7.02. The highest BCUT2D eigenvalue weighted by molar-refractivity contribution is 6.30. The summed E-state index contributed by atoms with van der Waals surface area (Å²) in [6.07, 6.45) is -0.517. The molecule has 3 aromatic rings. The van der Waals surface area contributed by atoms with Gasteiger partial charge in [0.2, 0.25) is 11.9 Å². The number of hydrogen-bond acceptors (Lipinski definition) is 4. The van der Waals surface area contributed by atoms with E-state index in [9.17, 15) is 9.90 Å². The highest BCUT2D eigenvalue weighted by atomic mass is 35.5. The van der Waals surface area contributed by atoms with Crippen LogP contribution in [0.25, 0.3) is 11.0 Å². The third-order valence-corrected chi connectivity index (χ3v) is 4.51. The van der Waals surface area contributed by atoms with E-state index in [-0.39, 0.29) is 18.5 Å². The standard InChI is InChI=1S/C20H23ClN4O2/c1-13(26)11-22-20-24-17-5-3-4-6-18(17)25(20)12-19(27)23-14(2)15-7-9-16(21)10-8-15/h3-10,13-14,26H,11-12H2,1-2H3,(H,22,24)(H,23,27). The number of aliphatic hydroxyl groups is 1. The molecule has 3 rings (SSSR count). The van der Waals surface area contributed by atoms with Crippen molar-refractivity contribution >= 4 is 34.5 Å². The van der Waals surface area contributed by atoms with Crippen molar-refractivity contribution in [2.45, 2.75) is 32.5 Å². The highest BCUT2D eigenvalue weighted by Crippen LogP contribution is 2.20. The van der Waals surface area contributed by atoms with Gasteiger partial charge in [0.15, 0.2) is 0 Å². The minimum atomic E-state index is -0.517. The van der Waals surface area contributed by atoms with E-state index in [1.54, 1.807) is 19.1 Å². The molecular weight excluding hydrogens is 364 g/mol. The summed E-state index contributed by atoms with van der Waals surface area (Å²) in [6, 6.07) is 14.9. The zero-order chi connectivity index (χ0) is 19.4. The molecule has 3 N–H and O–H groups in total. The van der Waals surface area contributed by atoms with E-state index in [2.05, 4.69) is 15.6 Å². The third kappa shape index (κ3) is 4.78. The Kier molecular flexibility index (Phi) is 5.98. The van der Waals surface area contributed by atoms with Crippen LogP contribution in [0.4, 0.5) is 5.95 Å². The maximum Gasteiger partial charge on any atom is 0.240 e. The molecule has 0 saturated heterocycles. The molecular formula is C20H23ClN4O2. The molecule has 2 aromatic carbocycles. The lowest BCUT2D eigenvalue weighted by molar-refractivity contribution is -0.122. The van der Waals surface area contributed by atoms with Crippen molar-refractivity contribution in [2.24, 2.45) is 0 Å². The number of para-hydroxylation sites is 2. The molecule has 27 heavy (non-hydrogen) atoms. The maximum atomic E-state index is 12.6. The first-order chi connectivity index (χ1) is 12.9. The SMILES string of the molecule is CC(O)CNc1nc2ccccc2n1CC(=O)NC(C)c1ccc(Cl)cc1. The fraction of sp³-hybridized carbons (Fsp3) is 0.300. The van der Waals surface area contributed by atoms with E-state index in [0.717, 1.165) is 16.6 Å².